The van der Waals surface area contributed by atoms with Gasteiger partial charge in [0.05, 0.1) is 6.61 Å². The van der Waals surface area contributed by atoms with Gasteiger partial charge in [-0.1, -0.05) is 18.2 Å². The maximum absolute atomic E-state index is 9.26. The molecule has 2 aromatic rings. The van der Waals surface area contributed by atoms with Gasteiger partial charge in [0, 0.05) is 11.6 Å². The fourth-order valence-corrected chi connectivity index (χ4v) is 2.24. The van der Waals surface area contributed by atoms with E-state index in [-0.39, 0.29) is 6.61 Å². The molecule has 0 amide bonds. The van der Waals surface area contributed by atoms with Crippen LogP contribution in [0.4, 0.5) is 0 Å². The van der Waals surface area contributed by atoms with E-state index in [1.807, 2.05) is 31.2 Å². The van der Waals surface area contributed by atoms with Crippen molar-refractivity contribution >= 4 is 0 Å². The first-order valence-electron chi connectivity index (χ1n) is 6.51. The molecule has 1 N–H and O–H groups in total. The Balaban J connectivity index is 1.75. The number of aliphatic hydroxyl groups is 1. The Morgan fingerprint density at radius 1 is 1.32 bits per heavy atom. The number of ether oxygens (including phenoxy) is 1. The highest BCUT2D eigenvalue weighted by Gasteiger charge is 2.28. The first-order chi connectivity index (χ1) is 9.29. The predicted molar refractivity (Wildman–Crippen MR) is 69.7 cm³/mol. The number of aryl methyl sites for hydroxylation is 1. The third-order valence-corrected chi connectivity index (χ3v) is 3.35. The number of para-hydroxylation sites is 1. The molecule has 1 heterocycles. The van der Waals surface area contributed by atoms with E-state index in [0.29, 0.717) is 18.4 Å². The monoisotopic (exact) mass is 259 g/mol. The molecular formula is C14H17N3O2. The van der Waals surface area contributed by atoms with Crippen molar-refractivity contribution in [2.45, 2.75) is 39.0 Å². The number of aromatic nitrogens is 3. The van der Waals surface area contributed by atoms with Crippen LogP contribution in [0.1, 0.15) is 36.1 Å². The Hall–Kier alpha value is -1.88. The van der Waals surface area contributed by atoms with E-state index in [2.05, 4.69) is 14.8 Å². The molecule has 0 saturated heterocycles. The minimum atomic E-state index is -0.0233. The van der Waals surface area contributed by atoms with Crippen LogP contribution in [0.15, 0.2) is 24.3 Å². The van der Waals surface area contributed by atoms with Gasteiger partial charge in [0.1, 0.15) is 18.2 Å². The molecular weight excluding hydrogens is 242 g/mol. The van der Waals surface area contributed by atoms with Gasteiger partial charge in [0.2, 0.25) is 0 Å². The lowest BCUT2D eigenvalue weighted by atomic mass is 10.2. The number of benzene rings is 1. The zero-order valence-electron chi connectivity index (χ0n) is 10.9. The number of nitrogens with zero attached hydrogens (tertiary/aromatic N) is 3. The molecule has 1 saturated carbocycles. The van der Waals surface area contributed by atoms with E-state index in [9.17, 15) is 5.11 Å². The summed E-state index contributed by atoms with van der Waals surface area (Å²) in [5.41, 5.74) is 0.789. The fourth-order valence-electron chi connectivity index (χ4n) is 2.24. The molecule has 0 bridgehead atoms. The second-order valence-corrected chi connectivity index (χ2v) is 4.82. The van der Waals surface area contributed by atoms with Crippen molar-refractivity contribution in [2.75, 3.05) is 0 Å². The summed E-state index contributed by atoms with van der Waals surface area (Å²) in [7, 11) is 0. The summed E-state index contributed by atoms with van der Waals surface area (Å²) in [5, 5.41) is 17.5. The van der Waals surface area contributed by atoms with Gasteiger partial charge < -0.3 is 14.4 Å². The van der Waals surface area contributed by atoms with E-state index in [1.165, 1.54) is 12.8 Å². The molecule has 0 unspecified atom stereocenters. The van der Waals surface area contributed by atoms with Gasteiger partial charge in [0.25, 0.3) is 0 Å². The van der Waals surface area contributed by atoms with Crippen molar-refractivity contribution in [1.29, 1.82) is 0 Å². The normalized spacial score (nSPS) is 14.6. The first-order valence-corrected chi connectivity index (χ1v) is 6.51. The molecule has 5 nitrogen and oxygen atoms in total. The molecule has 19 heavy (non-hydrogen) atoms. The van der Waals surface area contributed by atoms with Crippen LogP contribution in [0.5, 0.6) is 5.75 Å². The first kappa shape index (κ1) is 12.2. The fraction of sp³-hybridized carbons (Fsp3) is 0.429. The van der Waals surface area contributed by atoms with Gasteiger partial charge in [0.15, 0.2) is 5.82 Å². The molecule has 1 aliphatic carbocycles. The SMILES string of the molecule is Cc1nnc(COc2ccccc2CO)n1C1CC1. The smallest absolute Gasteiger partial charge is 0.171 e. The van der Waals surface area contributed by atoms with Crippen LogP contribution >= 0.6 is 0 Å². The Morgan fingerprint density at radius 2 is 2.11 bits per heavy atom. The van der Waals surface area contributed by atoms with Crippen molar-refractivity contribution in [3.05, 3.63) is 41.5 Å². The third-order valence-electron chi connectivity index (χ3n) is 3.35. The van der Waals surface area contributed by atoms with Crippen LogP contribution < -0.4 is 4.74 Å². The molecule has 0 radical (unpaired) electrons. The average Bonchev–Trinajstić information content (AvgIpc) is 3.20. The molecule has 0 atom stereocenters. The van der Waals surface area contributed by atoms with Crippen molar-refractivity contribution in [3.8, 4) is 5.75 Å². The quantitative estimate of drug-likeness (QED) is 0.892. The van der Waals surface area contributed by atoms with Crippen LogP contribution in [-0.4, -0.2) is 19.9 Å². The van der Waals surface area contributed by atoms with Crippen LogP contribution in [0.2, 0.25) is 0 Å². The van der Waals surface area contributed by atoms with Gasteiger partial charge >= 0.3 is 0 Å². The van der Waals surface area contributed by atoms with Crippen molar-refractivity contribution in [2.24, 2.45) is 0 Å². The standard InChI is InChI=1S/C14H17N3O2/c1-10-15-16-14(17(10)12-6-7-12)9-19-13-5-3-2-4-11(13)8-18/h2-5,12,18H,6-9H2,1H3. The lowest BCUT2D eigenvalue weighted by Crippen LogP contribution is -2.08. The molecule has 0 spiro atoms. The highest BCUT2D eigenvalue weighted by atomic mass is 16.5. The van der Waals surface area contributed by atoms with Crippen LogP contribution in [-0.2, 0) is 13.2 Å². The predicted octanol–water partition coefficient (Wildman–Crippen LogP) is 1.99. The van der Waals surface area contributed by atoms with Crippen molar-refractivity contribution in [3.63, 3.8) is 0 Å². The summed E-state index contributed by atoms with van der Waals surface area (Å²) in [6.07, 6.45) is 2.39. The van der Waals surface area contributed by atoms with E-state index in [1.54, 1.807) is 0 Å². The summed E-state index contributed by atoms with van der Waals surface area (Å²) >= 11 is 0. The number of hydrogen-bond acceptors (Lipinski definition) is 4. The second kappa shape index (κ2) is 5.01. The van der Waals surface area contributed by atoms with Crippen molar-refractivity contribution < 1.29 is 9.84 Å². The molecule has 100 valence electrons. The van der Waals surface area contributed by atoms with E-state index < -0.39 is 0 Å². The zero-order chi connectivity index (χ0) is 13.2. The summed E-state index contributed by atoms with van der Waals surface area (Å²) in [6.45, 7) is 2.33. The van der Waals surface area contributed by atoms with Crippen LogP contribution in [0.25, 0.3) is 0 Å². The van der Waals surface area contributed by atoms with Crippen LogP contribution in [0.3, 0.4) is 0 Å². The largest absolute Gasteiger partial charge is 0.485 e. The Bertz CT molecular complexity index is 576. The Morgan fingerprint density at radius 3 is 2.84 bits per heavy atom. The lowest BCUT2D eigenvalue weighted by Gasteiger charge is -2.11. The minimum absolute atomic E-state index is 0.0233. The molecule has 1 aliphatic rings. The van der Waals surface area contributed by atoms with Gasteiger partial charge in [-0.25, -0.2) is 0 Å². The lowest BCUT2D eigenvalue weighted by molar-refractivity contribution is 0.253. The van der Waals surface area contributed by atoms with Gasteiger partial charge in [-0.05, 0) is 25.8 Å². The maximum atomic E-state index is 9.26. The summed E-state index contributed by atoms with van der Waals surface area (Å²) < 4.78 is 7.92. The minimum Gasteiger partial charge on any atom is -0.485 e. The Labute approximate surface area is 111 Å². The van der Waals surface area contributed by atoms with E-state index in [4.69, 9.17) is 4.74 Å². The zero-order valence-corrected chi connectivity index (χ0v) is 10.9. The Kier molecular flexibility index (Phi) is 3.21. The summed E-state index contributed by atoms with van der Waals surface area (Å²) in [6, 6.07) is 8.03. The molecule has 5 heteroatoms. The number of rotatable bonds is 5. The van der Waals surface area contributed by atoms with Gasteiger partial charge in [-0.15, -0.1) is 10.2 Å². The average molecular weight is 259 g/mol. The van der Waals surface area contributed by atoms with Gasteiger partial charge in [-0.3, -0.25) is 0 Å². The maximum Gasteiger partial charge on any atom is 0.171 e. The molecule has 1 fully saturated rings. The molecule has 1 aromatic carbocycles. The highest BCUT2D eigenvalue weighted by molar-refractivity contribution is 5.32. The molecule has 3 rings (SSSR count). The third kappa shape index (κ3) is 2.46. The highest BCUT2D eigenvalue weighted by Crippen LogP contribution is 2.36. The van der Waals surface area contributed by atoms with Gasteiger partial charge in [-0.2, -0.15) is 0 Å². The topological polar surface area (TPSA) is 60.2 Å². The molecule has 0 aliphatic heterocycles. The number of hydrogen-bond donors (Lipinski definition) is 1. The number of aliphatic hydroxyl groups excluding tert-OH is 1. The van der Waals surface area contributed by atoms with Crippen LogP contribution in [0, 0.1) is 6.92 Å². The molecule has 1 aromatic heterocycles. The summed E-state index contributed by atoms with van der Waals surface area (Å²) in [4.78, 5) is 0. The van der Waals surface area contributed by atoms with E-state index >= 15 is 0 Å². The second-order valence-electron chi connectivity index (χ2n) is 4.82. The van der Waals surface area contributed by atoms with E-state index in [0.717, 1.165) is 17.2 Å². The van der Waals surface area contributed by atoms with Crippen molar-refractivity contribution in [1.82, 2.24) is 14.8 Å². The summed E-state index contributed by atoms with van der Waals surface area (Å²) in [5.74, 6) is 2.50.